The van der Waals surface area contributed by atoms with Gasteiger partial charge in [-0.3, -0.25) is 4.79 Å². The minimum absolute atomic E-state index is 0.0897. The van der Waals surface area contributed by atoms with Crippen molar-refractivity contribution in [3.63, 3.8) is 0 Å². The minimum atomic E-state index is -0.279. The second kappa shape index (κ2) is 14.4. The van der Waals surface area contributed by atoms with Crippen molar-refractivity contribution < 1.29 is 13.6 Å². The first kappa shape index (κ1) is 32.4. The molecule has 0 bridgehead atoms. The maximum absolute atomic E-state index is 14.9. The van der Waals surface area contributed by atoms with Crippen LogP contribution in [0.3, 0.4) is 0 Å². The average molecular weight is 609 g/mol. The molecule has 2 aliphatic rings. The number of nitrogens with zero attached hydrogens (tertiary/aromatic N) is 1. The van der Waals surface area contributed by atoms with Crippen molar-refractivity contribution >= 4 is 17.3 Å². The van der Waals surface area contributed by atoms with Crippen LogP contribution in [0.2, 0.25) is 0 Å². The third-order valence-corrected chi connectivity index (χ3v) is 9.31. The third-order valence-electron chi connectivity index (χ3n) is 9.31. The lowest BCUT2D eigenvalue weighted by atomic mass is 9.80. The maximum Gasteiger partial charge on any atom is 0.223 e. The molecule has 2 heterocycles. The minimum Gasteiger partial charge on any atom is -0.382 e. The van der Waals surface area contributed by atoms with E-state index in [9.17, 15) is 13.6 Å². The molecule has 4 aromatic rings. The van der Waals surface area contributed by atoms with Gasteiger partial charge in [0.1, 0.15) is 11.6 Å². The Morgan fingerprint density at radius 2 is 1.24 bits per heavy atom. The van der Waals surface area contributed by atoms with Crippen LogP contribution in [0.25, 0.3) is 0 Å². The number of amides is 1. The summed E-state index contributed by atoms with van der Waals surface area (Å²) in [6, 6.07) is 27.9. The number of rotatable bonds is 6. The Kier molecular flexibility index (Phi) is 10.4. The van der Waals surface area contributed by atoms with Gasteiger partial charge in [-0.2, -0.15) is 0 Å². The second-order valence-electron chi connectivity index (χ2n) is 13.3. The van der Waals surface area contributed by atoms with E-state index in [1.54, 1.807) is 17.0 Å². The summed E-state index contributed by atoms with van der Waals surface area (Å²) < 4.78 is 29.3. The average Bonchev–Trinajstić information content (AvgIpc) is 3.01. The van der Waals surface area contributed by atoms with Gasteiger partial charge >= 0.3 is 0 Å². The van der Waals surface area contributed by atoms with Crippen LogP contribution < -0.4 is 10.2 Å². The number of hydrogen-bond donors (Lipinski definition) is 1. The van der Waals surface area contributed by atoms with E-state index in [-0.39, 0.29) is 17.5 Å². The fraction of sp³-hybridized carbons (Fsp3) is 0.375. The van der Waals surface area contributed by atoms with Crippen LogP contribution in [0, 0.1) is 23.5 Å². The van der Waals surface area contributed by atoms with Gasteiger partial charge in [0.2, 0.25) is 5.91 Å². The van der Waals surface area contributed by atoms with Crippen LogP contribution in [-0.2, 0) is 17.6 Å². The zero-order valence-electron chi connectivity index (χ0n) is 27.2. The first-order valence-corrected chi connectivity index (χ1v) is 16.4. The van der Waals surface area contributed by atoms with Crippen LogP contribution in [0.4, 0.5) is 20.2 Å². The van der Waals surface area contributed by atoms with Crippen LogP contribution in [0.15, 0.2) is 84.9 Å². The van der Waals surface area contributed by atoms with Crippen LogP contribution >= 0.6 is 0 Å². The van der Waals surface area contributed by atoms with Gasteiger partial charge in [0, 0.05) is 20.0 Å². The number of anilines is 2. The van der Waals surface area contributed by atoms with Gasteiger partial charge in [-0.1, -0.05) is 100 Å². The predicted octanol–water partition coefficient (Wildman–Crippen LogP) is 9.88. The smallest absolute Gasteiger partial charge is 0.223 e. The van der Waals surface area contributed by atoms with Crippen molar-refractivity contribution in [1.82, 2.24) is 0 Å². The highest BCUT2D eigenvalue weighted by Crippen LogP contribution is 2.42. The monoisotopic (exact) mass is 608 g/mol. The normalized spacial score (nSPS) is 17.2. The molecule has 0 fully saturated rings. The molecule has 0 aliphatic carbocycles. The van der Waals surface area contributed by atoms with Gasteiger partial charge in [-0.05, 0) is 94.9 Å². The van der Waals surface area contributed by atoms with Crippen molar-refractivity contribution in [3.8, 4) is 0 Å². The molecule has 5 heteroatoms. The summed E-state index contributed by atoms with van der Waals surface area (Å²) in [5, 5.41) is 3.23. The Morgan fingerprint density at radius 1 is 0.733 bits per heavy atom. The van der Waals surface area contributed by atoms with Crippen molar-refractivity contribution in [3.05, 3.63) is 130 Å². The van der Waals surface area contributed by atoms with Gasteiger partial charge < -0.3 is 10.2 Å². The predicted molar refractivity (Wildman–Crippen MR) is 182 cm³/mol. The van der Waals surface area contributed by atoms with Crippen molar-refractivity contribution in [2.45, 2.75) is 72.1 Å². The summed E-state index contributed by atoms with van der Waals surface area (Å²) in [5.41, 5.74) is 7.76. The summed E-state index contributed by atoms with van der Waals surface area (Å²) in [4.78, 5) is 13.5. The Hall–Kier alpha value is -3.99. The molecule has 2 aliphatic heterocycles. The second-order valence-corrected chi connectivity index (χ2v) is 13.3. The molecular formula is C40H46F2N2O. The Balaban J connectivity index is 0.000000179. The Morgan fingerprint density at radius 3 is 1.78 bits per heavy atom. The Bertz CT molecular complexity index is 1600. The lowest BCUT2D eigenvalue weighted by Crippen LogP contribution is -2.37. The standard InChI is InChI=1S/C21H24FNO.C19H22FN/c1-14(2)18-9-10-23(15(3)24)21-19(18)12-17(13-20(21)22)11-16-7-5-4-6-8-16;1-13(2)16-8-9-21-19-17(16)11-15(12-18(19)20)10-14-6-4-3-5-7-14/h4-8,12-14,18H,9-11H2,1-3H3;3-7,11-13,16,21H,8-10H2,1-2H3. The highest BCUT2D eigenvalue weighted by atomic mass is 19.1. The maximum atomic E-state index is 14.9. The SMILES string of the molecule is CC(=O)N1CCC(C(C)C)c2cc(Cc3ccccc3)cc(F)c21.CC(C)C1CCNc2c(F)cc(Cc3ccccc3)cc21. The number of benzene rings is 4. The van der Waals surface area contributed by atoms with Crippen molar-refractivity contribution in [2.75, 3.05) is 23.3 Å². The van der Waals surface area contributed by atoms with Gasteiger partial charge in [-0.25, -0.2) is 8.78 Å². The first-order valence-electron chi connectivity index (χ1n) is 16.4. The molecule has 2 atom stereocenters. The largest absolute Gasteiger partial charge is 0.382 e. The topological polar surface area (TPSA) is 32.3 Å². The number of nitrogens with one attached hydrogen (secondary N) is 1. The quantitative estimate of drug-likeness (QED) is 0.236. The molecule has 0 saturated heterocycles. The van der Waals surface area contributed by atoms with E-state index in [1.807, 2.05) is 36.4 Å². The van der Waals surface area contributed by atoms with E-state index in [2.05, 4.69) is 69.4 Å². The zero-order chi connectivity index (χ0) is 32.1. The molecule has 45 heavy (non-hydrogen) atoms. The van der Waals surface area contributed by atoms with E-state index in [1.165, 1.54) is 12.5 Å². The highest BCUT2D eigenvalue weighted by molar-refractivity contribution is 5.93. The molecular weight excluding hydrogens is 562 g/mol. The van der Waals surface area contributed by atoms with Gasteiger partial charge in [0.15, 0.2) is 0 Å². The van der Waals surface area contributed by atoms with E-state index in [0.717, 1.165) is 59.3 Å². The van der Waals surface area contributed by atoms with Crippen LogP contribution in [-0.4, -0.2) is 19.0 Å². The first-order chi connectivity index (χ1) is 21.6. The van der Waals surface area contributed by atoms with Gasteiger partial charge in [0.05, 0.1) is 11.4 Å². The number of halogens is 2. The summed E-state index contributed by atoms with van der Waals surface area (Å²) >= 11 is 0. The number of carbonyl (C=O) groups is 1. The molecule has 1 N–H and O–H groups in total. The number of fused-ring (bicyclic) bond motifs is 2. The van der Waals surface area contributed by atoms with Crippen molar-refractivity contribution in [2.24, 2.45) is 11.8 Å². The molecule has 6 rings (SSSR count). The lowest BCUT2D eigenvalue weighted by Gasteiger charge is -2.36. The van der Waals surface area contributed by atoms with Crippen LogP contribution in [0.5, 0.6) is 0 Å². The molecule has 0 radical (unpaired) electrons. The highest BCUT2D eigenvalue weighted by Gasteiger charge is 2.32. The lowest BCUT2D eigenvalue weighted by molar-refractivity contribution is -0.116. The fourth-order valence-electron chi connectivity index (χ4n) is 7.02. The molecule has 0 aromatic heterocycles. The van der Waals surface area contributed by atoms with Gasteiger partial charge in [0.25, 0.3) is 0 Å². The zero-order valence-corrected chi connectivity index (χ0v) is 27.2. The molecule has 0 saturated carbocycles. The van der Waals surface area contributed by atoms with E-state index in [4.69, 9.17) is 0 Å². The summed E-state index contributed by atoms with van der Waals surface area (Å²) in [7, 11) is 0. The van der Waals surface area contributed by atoms with E-state index < -0.39 is 0 Å². The molecule has 1 amide bonds. The van der Waals surface area contributed by atoms with E-state index in [0.29, 0.717) is 42.3 Å². The molecule has 4 aromatic carbocycles. The van der Waals surface area contributed by atoms with Gasteiger partial charge in [-0.15, -0.1) is 0 Å². The van der Waals surface area contributed by atoms with E-state index >= 15 is 0 Å². The molecule has 2 unspecified atom stereocenters. The summed E-state index contributed by atoms with van der Waals surface area (Å²) in [6.45, 7) is 11.8. The molecule has 236 valence electrons. The molecule has 0 spiro atoms. The number of hydrogen-bond acceptors (Lipinski definition) is 2. The summed E-state index contributed by atoms with van der Waals surface area (Å²) in [6.07, 6.45) is 3.46. The summed E-state index contributed by atoms with van der Waals surface area (Å²) in [5.74, 6) is 1.23. The fourth-order valence-corrected chi connectivity index (χ4v) is 7.02. The van der Waals surface area contributed by atoms with Crippen molar-refractivity contribution in [1.29, 1.82) is 0 Å². The molecule has 3 nitrogen and oxygen atoms in total. The Labute approximate surface area is 267 Å². The number of carbonyl (C=O) groups excluding carboxylic acids is 1. The van der Waals surface area contributed by atoms with Crippen LogP contribution in [0.1, 0.15) is 92.7 Å². The third kappa shape index (κ3) is 7.64.